The van der Waals surface area contributed by atoms with Gasteiger partial charge in [-0.05, 0) is 38.1 Å². The highest BCUT2D eigenvalue weighted by Gasteiger charge is 2.15. The van der Waals surface area contributed by atoms with Gasteiger partial charge in [-0.1, -0.05) is 23.2 Å². The van der Waals surface area contributed by atoms with E-state index < -0.39 is 11.9 Å². The molecule has 0 saturated carbocycles. The maximum atomic E-state index is 11.9. The number of esters is 1. The Labute approximate surface area is 142 Å². The molecule has 0 unspecified atom stereocenters. The van der Waals surface area contributed by atoms with Gasteiger partial charge in [-0.25, -0.2) is 4.79 Å². The quantitative estimate of drug-likeness (QED) is 0.821. The van der Waals surface area contributed by atoms with Crippen molar-refractivity contribution in [3.05, 3.63) is 49.6 Å². The average molecular weight is 358 g/mol. The summed E-state index contributed by atoms with van der Waals surface area (Å²) in [6, 6.07) is 6.41. The van der Waals surface area contributed by atoms with E-state index in [1.807, 2.05) is 13.8 Å². The van der Waals surface area contributed by atoms with Crippen molar-refractivity contribution in [3.63, 3.8) is 0 Å². The molecule has 1 N–H and O–H groups in total. The van der Waals surface area contributed by atoms with Gasteiger partial charge in [-0.2, -0.15) is 0 Å². The zero-order valence-electron chi connectivity index (χ0n) is 11.9. The molecule has 2 aromatic rings. The van der Waals surface area contributed by atoms with Gasteiger partial charge in [0.25, 0.3) is 5.91 Å². The highest BCUT2D eigenvalue weighted by molar-refractivity contribution is 7.12. The first kappa shape index (κ1) is 16.8. The number of thiophene rings is 1. The lowest BCUT2D eigenvalue weighted by molar-refractivity contribution is -0.119. The summed E-state index contributed by atoms with van der Waals surface area (Å²) in [5.74, 6) is -0.975. The Morgan fingerprint density at radius 3 is 2.32 bits per heavy atom. The first-order valence-corrected chi connectivity index (χ1v) is 7.92. The van der Waals surface area contributed by atoms with Crippen molar-refractivity contribution in [1.29, 1.82) is 0 Å². The Hall–Kier alpha value is -1.56. The first-order valence-electron chi connectivity index (χ1n) is 6.35. The SMILES string of the molecule is Cc1cc(C(=O)OCC(=O)Nc2cc(Cl)cc(Cl)c2)c(C)s1. The van der Waals surface area contributed by atoms with Crippen LogP contribution in [-0.2, 0) is 9.53 Å². The highest BCUT2D eigenvalue weighted by Crippen LogP contribution is 2.23. The lowest BCUT2D eigenvalue weighted by Gasteiger charge is -2.07. The van der Waals surface area contributed by atoms with Crippen LogP contribution in [0.5, 0.6) is 0 Å². The summed E-state index contributed by atoms with van der Waals surface area (Å²) in [6.45, 7) is 3.36. The molecule has 0 bridgehead atoms. The minimum atomic E-state index is -0.513. The fourth-order valence-corrected chi connectivity index (χ4v) is 3.30. The number of hydrogen-bond acceptors (Lipinski definition) is 4. The van der Waals surface area contributed by atoms with Crippen LogP contribution in [-0.4, -0.2) is 18.5 Å². The van der Waals surface area contributed by atoms with Crippen LogP contribution in [0.1, 0.15) is 20.1 Å². The standard InChI is InChI=1S/C15H13Cl2NO3S/c1-8-3-13(9(2)22-8)15(20)21-7-14(19)18-12-5-10(16)4-11(17)6-12/h3-6H,7H2,1-2H3,(H,18,19). The number of anilines is 1. The number of benzene rings is 1. The monoisotopic (exact) mass is 357 g/mol. The number of aryl methyl sites for hydroxylation is 2. The molecule has 0 aliphatic heterocycles. The number of rotatable bonds is 4. The first-order chi connectivity index (χ1) is 10.3. The van der Waals surface area contributed by atoms with E-state index in [1.165, 1.54) is 11.3 Å². The fraction of sp³-hybridized carbons (Fsp3) is 0.200. The molecule has 0 atom stereocenters. The van der Waals surface area contributed by atoms with Gasteiger partial charge in [-0.3, -0.25) is 4.79 Å². The van der Waals surface area contributed by atoms with Gasteiger partial charge in [0.05, 0.1) is 5.56 Å². The lowest BCUT2D eigenvalue weighted by atomic mass is 10.2. The van der Waals surface area contributed by atoms with E-state index in [0.717, 1.165) is 9.75 Å². The zero-order valence-corrected chi connectivity index (χ0v) is 14.2. The molecule has 2 rings (SSSR count). The molecule has 1 aromatic carbocycles. The fourth-order valence-electron chi connectivity index (χ4n) is 1.87. The Bertz CT molecular complexity index is 707. The van der Waals surface area contributed by atoms with E-state index >= 15 is 0 Å². The third-order valence-electron chi connectivity index (χ3n) is 2.74. The van der Waals surface area contributed by atoms with E-state index in [0.29, 0.717) is 21.3 Å². The number of carbonyl (C=O) groups is 2. The normalized spacial score (nSPS) is 10.4. The van der Waals surface area contributed by atoms with Crippen molar-refractivity contribution < 1.29 is 14.3 Å². The summed E-state index contributed by atoms with van der Waals surface area (Å²) in [6.07, 6.45) is 0. The molecule has 0 aliphatic carbocycles. The van der Waals surface area contributed by atoms with E-state index in [-0.39, 0.29) is 6.61 Å². The van der Waals surface area contributed by atoms with E-state index in [1.54, 1.807) is 24.3 Å². The van der Waals surface area contributed by atoms with Crippen molar-refractivity contribution in [2.75, 3.05) is 11.9 Å². The molecule has 1 heterocycles. The van der Waals surface area contributed by atoms with E-state index in [9.17, 15) is 9.59 Å². The number of amides is 1. The predicted molar refractivity (Wildman–Crippen MR) is 89.2 cm³/mol. The van der Waals surface area contributed by atoms with Gasteiger partial charge >= 0.3 is 5.97 Å². The highest BCUT2D eigenvalue weighted by atomic mass is 35.5. The predicted octanol–water partition coefficient (Wildman–Crippen LogP) is 4.47. The molecule has 7 heteroatoms. The minimum Gasteiger partial charge on any atom is -0.452 e. The molecule has 1 aromatic heterocycles. The van der Waals surface area contributed by atoms with Crippen LogP contribution in [0.4, 0.5) is 5.69 Å². The number of halogens is 2. The van der Waals surface area contributed by atoms with Gasteiger partial charge in [0, 0.05) is 25.5 Å². The molecular formula is C15H13Cl2NO3S. The van der Waals surface area contributed by atoms with Crippen LogP contribution in [0.15, 0.2) is 24.3 Å². The van der Waals surface area contributed by atoms with Gasteiger partial charge < -0.3 is 10.1 Å². The molecular weight excluding hydrogens is 345 g/mol. The van der Waals surface area contributed by atoms with Crippen LogP contribution in [0.2, 0.25) is 10.0 Å². The second kappa shape index (κ2) is 7.13. The second-order valence-electron chi connectivity index (χ2n) is 4.61. The average Bonchev–Trinajstić information content (AvgIpc) is 2.74. The van der Waals surface area contributed by atoms with Crippen LogP contribution < -0.4 is 5.32 Å². The molecule has 0 fully saturated rings. The topological polar surface area (TPSA) is 55.4 Å². The van der Waals surface area contributed by atoms with Crippen molar-refractivity contribution in [2.45, 2.75) is 13.8 Å². The van der Waals surface area contributed by atoms with Gasteiger partial charge in [0.2, 0.25) is 0 Å². The number of carbonyl (C=O) groups excluding carboxylic acids is 2. The molecule has 0 aliphatic rings. The third kappa shape index (κ3) is 4.47. The molecule has 22 heavy (non-hydrogen) atoms. The number of ether oxygens (including phenoxy) is 1. The Morgan fingerprint density at radius 2 is 1.77 bits per heavy atom. The van der Waals surface area contributed by atoms with Crippen LogP contribution in [0, 0.1) is 13.8 Å². The van der Waals surface area contributed by atoms with Gasteiger partial charge in [0.1, 0.15) is 0 Å². The summed E-state index contributed by atoms with van der Waals surface area (Å²) < 4.78 is 5.01. The van der Waals surface area contributed by atoms with E-state index in [2.05, 4.69) is 5.32 Å². The maximum Gasteiger partial charge on any atom is 0.339 e. The molecule has 4 nitrogen and oxygen atoms in total. The largest absolute Gasteiger partial charge is 0.452 e. The summed E-state index contributed by atoms with van der Waals surface area (Å²) >= 11 is 13.2. The summed E-state index contributed by atoms with van der Waals surface area (Å²) in [5.41, 5.74) is 0.933. The van der Waals surface area contributed by atoms with Crippen molar-refractivity contribution >= 4 is 52.1 Å². The number of hydrogen-bond donors (Lipinski definition) is 1. The molecule has 0 radical (unpaired) electrons. The molecule has 116 valence electrons. The van der Waals surface area contributed by atoms with Crippen molar-refractivity contribution in [3.8, 4) is 0 Å². The second-order valence-corrected chi connectivity index (χ2v) is 6.94. The molecule has 0 saturated heterocycles. The molecule has 1 amide bonds. The molecule has 0 spiro atoms. The minimum absolute atomic E-state index is 0.378. The van der Waals surface area contributed by atoms with Gasteiger partial charge in [0.15, 0.2) is 6.61 Å². The van der Waals surface area contributed by atoms with Crippen molar-refractivity contribution in [2.24, 2.45) is 0 Å². The van der Waals surface area contributed by atoms with Crippen molar-refractivity contribution in [1.82, 2.24) is 0 Å². The van der Waals surface area contributed by atoms with Crippen LogP contribution in [0.3, 0.4) is 0 Å². The van der Waals surface area contributed by atoms with Crippen LogP contribution in [0.25, 0.3) is 0 Å². The van der Waals surface area contributed by atoms with Crippen LogP contribution >= 0.6 is 34.5 Å². The Balaban J connectivity index is 1.92. The van der Waals surface area contributed by atoms with E-state index in [4.69, 9.17) is 27.9 Å². The smallest absolute Gasteiger partial charge is 0.339 e. The number of nitrogens with one attached hydrogen (secondary N) is 1. The lowest BCUT2D eigenvalue weighted by Crippen LogP contribution is -2.21. The summed E-state index contributed by atoms with van der Waals surface area (Å²) in [4.78, 5) is 25.6. The maximum absolute atomic E-state index is 11.9. The zero-order chi connectivity index (χ0) is 16.3. The Morgan fingerprint density at radius 1 is 1.14 bits per heavy atom. The van der Waals surface area contributed by atoms with Gasteiger partial charge in [-0.15, -0.1) is 11.3 Å². The summed E-state index contributed by atoms with van der Waals surface area (Å²) in [5, 5.41) is 3.38. The third-order valence-corrected chi connectivity index (χ3v) is 4.14. The summed E-state index contributed by atoms with van der Waals surface area (Å²) in [7, 11) is 0. The Kier molecular flexibility index (Phi) is 5.45.